The predicted octanol–water partition coefficient (Wildman–Crippen LogP) is 8.99. The van der Waals surface area contributed by atoms with Crippen LogP contribution in [0.4, 0.5) is 11.6 Å². The topological polar surface area (TPSA) is 166 Å². The van der Waals surface area contributed by atoms with E-state index in [9.17, 15) is 19.5 Å². The van der Waals surface area contributed by atoms with E-state index < -0.39 is 18.2 Å². The second-order valence-corrected chi connectivity index (χ2v) is 15.1. The van der Waals surface area contributed by atoms with Crippen molar-refractivity contribution in [3.8, 4) is 22.5 Å². The van der Waals surface area contributed by atoms with Gasteiger partial charge in [-0.3, -0.25) is 4.79 Å². The molecular weight excluding hydrogens is 829 g/mol. The maximum absolute atomic E-state index is 12.6. The number of esters is 2. The highest BCUT2D eigenvalue weighted by atomic mass is 16.5. The molecule has 0 saturated heterocycles. The first-order valence-corrected chi connectivity index (χ1v) is 21.2. The molecule has 6 aromatic carbocycles. The van der Waals surface area contributed by atoms with Gasteiger partial charge in [0.05, 0.1) is 25.6 Å². The average molecular weight is 877 g/mol. The molecule has 8 aromatic rings. The van der Waals surface area contributed by atoms with Crippen LogP contribution in [0.15, 0.2) is 195 Å². The largest absolute Gasteiger partial charge is 0.467 e. The van der Waals surface area contributed by atoms with E-state index >= 15 is 0 Å². The van der Waals surface area contributed by atoms with E-state index in [4.69, 9.17) is 9.47 Å². The first-order chi connectivity index (χ1) is 32.3. The van der Waals surface area contributed by atoms with Crippen LogP contribution in [0.5, 0.6) is 0 Å². The van der Waals surface area contributed by atoms with Crippen molar-refractivity contribution in [2.24, 2.45) is 0 Å². The van der Waals surface area contributed by atoms with Crippen molar-refractivity contribution in [1.82, 2.24) is 19.9 Å². The fraction of sp³-hybridized carbons (Fsp3) is 0.130. The molecule has 3 atom stereocenters. The fourth-order valence-corrected chi connectivity index (χ4v) is 7.13. The molecule has 3 N–H and O–H groups in total. The second kappa shape index (κ2) is 22.8. The van der Waals surface area contributed by atoms with E-state index in [1.54, 1.807) is 36.4 Å². The molecule has 12 nitrogen and oxygen atoms in total. The maximum Gasteiger partial charge on any atom is 0.328 e. The third-order valence-electron chi connectivity index (χ3n) is 10.6. The summed E-state index contributed by atoms with van der Waals surface area (Å²) < 4.78 is 9.94. The van der Waals surface area contributed by atoms with Gasteiger partial charge in [0.15, 0.2) is 5.78 Å². The monoisotopic (exact) mass is 876 g/mol. The molecule has 0 radical (unpaired) electrons. The summed E-state index contributed by atoms with van der Waals surface area (Å²) in [6.45, 7) is 0. The van der Waals surface area contributed by atoms with Crippen LogP contribution >= 0.6 is 0 Å². The summed E-state index contributed by atoms with van der Waals surface area (Å²) >= 11 is 0. The molecule has 0 amide bonds. The number of ketones is 1. The number of aromatic nitrogens is 4. The highest BCUT2D eigenvalue weighted by Gasteiger charge is 2.22. The molecule has 8 rings (SSSR count). The number of carbonyl (C=O) groups excluding carboxylic acids is 3. The lowest BCUT2D eigenvalue weighted by atomic mass is 10.00. The van der Waals surface area contributed by atoms with Crippen molar-refractivity contribution in [3.63, 3.8) is 0 Å². The third kappa shape index (κ3) is 12.4. The van der Waals surface area contributed by atoms with Gasteiger partial charge < -0.3 is 25.2 Å². The standard InChI is InChI=1S/C27H25N3O3.C27H23N3O3/c2*1-33-27(32)24(16-19-8-4-2-5-9-19)30-25-17-23(28-18-29-25)20-12-14-22(15-13-20)26(31)21-10-6-3-7-11-21/h2-15,17-18,24,26,31H,16H2,1H3,(H,28,29,30);2-15,17-18,24H,16H2,1H3,(H,28,29,30). The van der Waals surface area contributed by atoms with E-state index in [0.717, 1.165) is 33.4 Å². The zero-order valence-corrected chi connectivity index (χ0v) is 36.4. The zero-order chi connectivity index (χ0) is 46.1. The fourth-order valence-electron chi connectivity index (χ4n) is 7.13. The number of aliphatic hydroxyl groups is 1. The summed E-state index contributed by atoms with van der Waals surface area (Å²) in [7, 11) is 2.74. The van der Waals surface area contributed by atoms with E-state index in [0.29, 0.717) is 47.0 Å². The molecular formula is C54H48N6O6. The Morgan fingerprint density at radius 1 is 0.485 bits per heavy atom. The van der Waals surface area contributed by atoms with Crippen molar-refractivity contribution >= 4 is 29.4 Å². The van der Waals surface area contributed by atoms with Crippen molar-refractivity contribution in [1.29, 1.82) is 0 Å². The van der Waals surface area contributed by atoms with Crippen LogP contribution in [-0.4, -0.2) is 69.1 Å². The Hall–Kier alpha value is -8.35. The van der Waals surface area contributed by atoms with Gasteiger partial charge >= 0.3 is 11.9 Å². The molecule has 2 heterocycles. The smallest absolute Gasteiger partial charge is 0.328 e. The minimum atomic E-state index is -0.693. The predicted molar refractivity (Wildman–Crippen MR) is 254 cm³/mol. The van der Waals surface area contributed by atoms with Crippen molar-refractivity contribution < 1.29 is 29.0 Å². The Labute approximate surface area is 383 Å². The Bertz CT molecular complexity index is 2800. The van der Waals surface area contributed by atoms with Gasteiger partial charge in [-0.2, -0.15) is 0 Å². The van der Waals surface area contributed by atoms with Gasteiger partial charge in [-0.05, 0) is 22.3 Å². The molecule has 3 unspecified atom stereocenters. The number of benzene rings is 6. The molecule has 0 saturated carbocycles. The third-order valence-corrected chi connectivity index (χ3v) is 10.6. The Balaban J connectivity index is 0.000000196. The number of nitrogens with zero attached hydrogens (tertiary/aromatic N) is 4. The Morgan fingerprint density at radius 3 is 1.30 bits per heavy atom. The molecule has 0 aliphatic rings. The minimum absolute atomic E-state index is 0.0333. The number of aliphatic hydroxyl groups excluding tert-OH is 1. The van der Waals surface area contributed by atoms with Gasteiger partial charge in [0.1, 0.15) is 42.5 Å². The first kappa shape index (κ1) is 45.7. The summed E-state index contributed by atoms with van der Waals surface area (Å²) in [5.41, 5.74) is 8.00. The van der Waals surface area contributed by atoms with Crippen LogP contribution < -0.4 is 10.6 Å². The quantitative estimate of drug-likeness (QED) is 0.0624. The van der Waals surface area contributed by atoms with E-state index in [1.807, 2.05) is 146 Å². The van der Waals surface area contributed by atoms with Crippen LogP contribution in [0.25, 0.3) is 22.5 Å². The average Bonchev–Trinajstić information content (AvgIpc) is 3.39. The van der Waals surface area contributed by atoms with E-state index in [-0.39, 0.29) is 17.7 Å². The number of ether oxygens (including phenoxy) is 2. The summed E-state index contributed by atoms with van der Waals surface area (Å²) in [6, 6.07) is 55.4. The van der Waals surface area contributed by atoms with Gasteiger partial charge in [-0.15, -0.1) is 0 Å². The van der Waals surface area contributed by atoms with Gasteiger partial charge in [0, 0.05) is 47.2 Å². The van der Waals surface area contributed by atoms with Crippen molar-refractivity contribution in [3.05, 3.63) is 228 Å². The first-order valence-electron chi connectivity index (χ1n) is 21.2. The molecule has 12 heteroatoms. The van der Waals surface area contributed by atoms with Crippen molar-refractivity contribution in [2.45, 2.75) is 31.0 Å². The normalized spacial score (nSPS) is 12.0. The van der Waals surface area contributed by atoms with Crippen LogP contribution in [0.1, 0.15) is 44.3 Å². The number of carbonyl (C=O) groups is 3. The lowest BCUT2D eigenvalue weighted by Crippen LogP contribution is -2.33. The zero-order valence-electron chi connectivity index (χ0n) is 36.4. The maximum atomic E-state index is 12.6. The van der Waals surface area contributed by atoms with E-state index in [1.165, 1.54) is 26.9 Å². The van der Waals surface area contributed by atoms with E-state index in [2.05, 4.69) is 30.6 Å². The highest BCUT2D eigenvalue weighted by Crippen LogP contribution is 2.26. The van der Waals surface area contributed by atoms with Crippen LogP contribution in [0.2, 0.25) is 0 Å². The molecule has 330 valence electrons. The summed E-state index contributed by atoms with van der Waals surface area (Å²) in [4.78, 5) is 54.6. The number of anilines is 2. The van der Waals surface area contributed by atoms with Gasteiger partial charge in [-0.25, -0.2) is 29.5 Å². The molecule has 0 fully saturated rings. The lowest BCUT2D eigenvalue weighted by Gasteiger charge is -2.17. The Morgan fingerprint density at radius 2 is 0.864 bits per heavy atom. The van der Waals surface area contributed by atoms with Gasteiger partial charge in [-0.1, -0.05) is 170 Å². The molecule has 0 aliphatic carbocycles. The number of rotatable bonds is 16. The molecule has 0 spiro atoms. The van der Waals surface area contributed by atoms with Gasteiger partial charge in [0.2, 0.25) is 0 Å². The SMILES string of the molecule is COC(=O)C(Cc1ccccc1)Nc1cc(-c2ccc(C(=O)c3ccccc3)cc2)ncn1.COC(=O)C(Cc1ccccc1)Nc1cc(-c2ccc(C(O)c3ccccc3)cc2)ncn1. The Kier molecular flexibility index (Phi) is 15.8. The molecule has 66 heavy (non-hydrogen) atoms. The van der Waals surface area contributed by atoms with Crippen LogP contribution in [-0.2, 0) is 31.9 Å². The second-order valence-electron chi connectivity index (χ2n) is 15.1. The van der Waals surface area contributed by atoms with Crippen molar-refractivity contribution in [2.75, 3.05) is 24.9 Å². The summed E-state index contributed by atoms with van der Waals surface area (Å²) in [6.07, 6.45) is 3.14. The lowest BCUT2D eigenvalue weighted by molar-refractivity contribution is -0.142. The molecule has 0 bridgehead atoms. The summed E-state index contributed by atoms with van der Waals surface area (Å²) in [5.74, 6) is 0.269. The number of hydrogen-bond acceptors (Lipinski definition) is 12. The minimum Gasteiger partial charge on any atom is -0.467 e. The summed E-state index contributed by atoms with van der Waals surface area (Å²) in [5, 5.41) is 16.9. The number of hydrogen-bond donors (Lipinski definition) is 3. The molecule has 0 aliphatic heterocycles. The van der Waals surface area contributed by atoms with Crippen LogP contribution in [0.3, 0.4) is 0 Å². The molecule has 2 aromatic heterocycles. The number of nitrogens with one attached hydrogen (secondary N) is 2. The highest BCUT2D eigenvalue weighted by molar-refractivity contribution is 6.09. The van der Waals surface area contributed by atoms with Gasteiger partial charge in [0.25, 0.3) is 0 Å². The number of methoxy groups -OCH3 is 2. The van der Waals surface area contributed by atoms with Crippen LogP contribution in [0, 0.1) is 0 Å².